The molecule has 0 aliphatic rings. The van der Waals surface area contributed by atoms with Crippen LogP contribution in [0.5, 0.6) is 0 Å². The molecular weight excluding hydrogens is 430 g/mol. The smallest absolute Gasteiger partial charge is 0.258 e. The van der Waals surface area contributed by atoms with Gasteiger partial charge in [-0.15, -0.1) is 0 Å². The number of aryl methyl sites for hydroxylation is 2. The minimum atomic E-state index is -0.479. The van der Waals surface area contributed by atoms with Gasteiger partial charge in [-0.05, 0) is 39.0 Å². The zero-order valence-electron chi connectivity index (χ0n) is 18.8. The van der Waals surface area contributed by atoms with Crippen LogP contribution in [0.4, 0.5) is 17.4 Å². The molecule has 0 aliphatic heterocycles. The summed E-state index contributed by atoms with van der Waals surface area (Å²) in [4.78, 5) is 33.6. The van der Waals surface area contributed by atoms with Gasteiger partial charge in [-0.2, -0.15) is 5.26 Å². The second kappa shape index (κ2) is 9.38. The van der Waals surface area contributed by atoms with E-state index in [4.69, 9.17) is 4.42 Å². The van der Waals surface area contributed by atoms with Crippen LogP contribution in [-0.4, -0.2) is 21.7 Å². The molecular formula is C26H21N5O3. The Kier molecular flexibility index (Phi) is 6.19. The fourth-order valence-corrected chi connectivity index (χ4v) is 3.61. The first-order valence-corrected chi connectivity index (χ1v) is 10.5. The summed E-state index contributed by atoms with van der Waals surface area (Å²) in [5.74, 6) is 0.641. The number of nitriles is 1. The molecule has 8 heteroatoms. The molecule has 2 aromatic heterocycles. The number of ketones is 1. The first-order valence-electron chi connectivity index (χ1n) is 10.5. The van der Waals surface area contributed by atoms with Crippen molar-refractivity contribution in [3.05, 3.63) is 88.9 Å². The SMILES string of the molecule is CC(=O)c1c(C)oc(NC(=O)c2cccc(Nc3cc(-c4ccccc4)nc(C)n3)c2)c1C#N. The average Bonchev–Trinajstić information content (AvgIpc) is 3.14. The van der Waals surface area contributed by atoms with E-state index in [0.29, 0.717) is 22.9 Å². The lowest BCUT2D eigenvalue weighted by Gasteiger charge is -2.10. The Bertz CT molecular complexity index is 1430. The maximum atomic E-state index is 12.9. The summed E-state index contributed by atoms with van der Waals surface area (Å²) >= 11 is 0. The molecule has 0 bridgehead atoms. The Balaban J connectivity index is 1.57. The number of nitrogens with one attached hydrogen (secondary N) is 2. The van der Waals surface area contributed by atoms with Crippen LogP contribution in [0.2, 0.25) is 0 Å². The van der Waals surface area contributed by atoms with Crippen LogP contribution < -0.4 is 10.6 Å². The molecule has 0 saturated heterocycles. The Morgan fingerprint density at radius 2 is 1.76 bits per heavy atom. The lowest BCUT2D eigenvalue weighted by Crippen LogP contribution is -2.12. The number of nitrogens with zero attached hydrogens (tertiary/aromatic N) is 3. The first-order chi connectivity index (χ1) is 16.4. The molecule has 8 nitrogen and oxygen atoms in total. The van der Waals surface area contributed by atoms with E-state index in [-0.39, 0.29) is 28.6 Å². The molecule has 2 N–H and O–H groups in total. The Labute approximate surface area is 196 Å². The van der Waals surface area contributed by atoms with Crippen molar-refractivity contribution >= 4 is 29.1 Å². The second-order valence-electron chi connectivity index (χ2n) is 7.62. The van der Waals surface area contributed by atoms with Crippen LogP contribution in [0, 0.1) is 25.2 Å². The number of amides is 1. The molecule has 168 valence electrons. The zero-order chi connectivity index (χ0) is 24.2. The number of rotatable bonds is 6. The molecule has 2 heterocycles. The molecule has 34 heavy (non-hydrogen) atoms. The predicted octanol–water partition coefficient (Wildman–Crippen LogP) is 5.42. The second-order valence-corrected chi connectivity index (χ2v) is 7.62. The Morgan fingerprint density at radius 1 is 1.00 bits per heavy atom. The lowest BCUT2D eigenvalue weighted by atomic mass is 10.1. The van der Waals surface area contributed by atoms with Gasteiger partial charge in [0.2, 0.25) is 5.88 Å². The number of aromatic nitrogens is 2. The quantitative estimate of drug-likeness (QED) is 0.375. The van der Waals surface area contributed by atoms with Crippen LogP contribution in [0.1, 0.15) is 44.8 Å². The number of carbonyl (C=O) groups is 2. The zero-order valence-corrected chi connectivity index (χ0v) is 18.8. The number of anilines is 3. The van der Waals surface area contributed by atoms with Crippen molar-refractivity contribution in [2.75, 3.05) is 10.6 Å². The van der Waals surface area contributed by atoms with Gasteiger partial charge in [0, 0.05) is 22.9 Å². The molecule has 1 amide bonds. The van der Waals surface area contributed by atoms with E-state index in [1.54, 1.807) is 25.1 Å². The summed E-state index contributed by atoms with van der Waals surface area (Å²) in [5, 5.41) is 15.2. The van der Waals surface area contributed by atoms with E-state index in [1.165, 1.54) is 6.92 Å². The Morgan fingerprint density at radius 3 is 2.47 bits per heavy atom. The highest BCUT2D eigenvalue weighted by atomic mass is 16.4. The normalized spacial score (nSPS) is 10.4. The Hall–Kier alpha value is -4.77. The molecule has 4 rings (SSSR count). The van der Waals surface area contributed by atoms with Crippen molar-refractivity contribution in [2.24, 2.45) is 0 Å². The van der Waals surface area contributed by atoms with E-state index in [1.807, 2.05) is 55.5 Å². The minimum absolute atomic E-state index is 0.0116. The molecule has 0 atom stereocenters. The fourth-order valence-electron chi connectivity index (χ4n) is 3.61. The third-order valence-electron chi connectivity index (χ3n) is 5.08. The van der Waals surface area contributed by atoms with Crippen molar-refractivity contribution in [2.45, 2.75) is 20.8 Å². The topological polar surface area (TPSA) is 121 Å². The highest BCUT2D eigenvalue weighted by molar-refractivity contribution is 6.06. The molecule has 0 aliphatic carbocycles. The van der Waals surface area contributed by atoms with Crippen LogP contribution in [0.25, 0.3) is 11.3 Å². The number of carbonyl (C=O) groups excluding carboxylic acids is 2. The summed E-state index contributed by atoms with van der Waals surface area (Å²) in [6.07, 6.45) is 0. The molecule has 0 fully saturated rings. The van der Waals surface area contributed by atoms with Crippen LogP contribution in [0.15, 0.2) is 65.1 Å². The molecule has 0 saturated carbocycles. The summed E-state index contributed by atoms with van der Waals surface area (Å²) in [6, 6.07) is 20.4. The fraction of sp³-hybridized carbons (Fsp3) is 0.115. The monoisotopic (exact) mass is 451 g/mol. The number of furan rings is 1. The van der Waals surface area contributed by atoms with E-state index in [2.05, 4.69) is 20.6 Å². The maximum Gasteiger partial charge on any atom is 0.258 e. The summed E-state index contributed by atoms with van der Waals surface area (Å²) in [6.45, 7) is 4.73. The van der Waals surface area contributed by atoms with Crippen molar-refractivity contribution in [3.8, 4) is 17.3 Å². The van der Waals surface area contributed by atoms with Gasteiger partial charge in [-0.25, -0.2) is 9.97 Å². The predicted molar refractivity (Wildman–Crippen MR) is 128 cm³/mol. The van der Waals surface area contributed by atoms with Gasteiger partial charge in [0.25, 0.3) is 5.91 Å². The van der Waals surface area contributed by atoms with E-state index >= 15 is 0 Å². The van der Waals surface area contributed by atoms with Gasteiger partial charge in [0.05, 0.1) is 11.3 Å². The van der Waals surface area contributed by atoms with Gasteiger partial charge in [0.1, 0.15) is 29.0 Å². The van der Waals surface area contributed by atoms with Gasteiger partial charge >= 0.3 is 0 Å². The summed E-state index contributed by atoms with van der Waals surface area (Å²) < 4.78 is 5.48. The molecule has 4 aromatic rings. The van der Waals surface area contributed by atoms with Gasteiger partial charge in [0.15, 0.2) is 5.78 Å². The summed E-state index contributed by atoms with van der Waals surface area (Å²) in [7, 11) is 0. The minimum Gasteiger partial charge on any atom is -0.443 e. The van der Waals surface area contributed by atoms with Crippen molar-refractivity contribution in [1.82, 2.24) is 9.97 Å². The molecule has 2 aromatic carbocycles. The van der Waals surface area contributed by atoms with Gasteiger partial charge in [-0.1, -0.05) is 36.4 Å². The van der Waals surface area contributed by atoms with E-state index in [0.717, 1.165) is 11.3 Å². The molecule has 0 radical (unpaired) electrons. The maximum absolute atomic E-state index is 12.9. The van der Waals surface area contributed by atoms with Crippen molar-refractivity contribution < 1.29 is 14.0 Å². The van der Waals surface area contributed by atoms with E-state index in [9.17, 15) is 14.9 Å². The number of Topliss-reactive ketones (excluding diaryl/α,β-unsaturated/α-hetero) is 1. The molecule has 0 unspecified atom stereocenters. The average molecular weight is 451 g/mol. The van der Waals surface area contributed by atoms with Crippen molar-refractivity contribution in [1.29, 1.82) is 5.26 Å². The standard InChI is InChI=1S/C26H21N5O3/c1-15(32)24-16(2)34-26(21(24)14-27)31-25(33)19-10-7-11-20(12-19)30-23-13-22(28-17(3)29-23)18-8-5-4-6-9-18/h4-13H,1-3H3,(H,31,33)(H,28,29,30). The van der Waals surface area contributed by atoms with E-state index < -0.39 is 5.91 Å². The number of benzene rings is 2. The first kappa shape index (κ1) is 22.4. The lowest BCUT2D eigenvalue weighted by molar-refractivity contribution is 0.101. The molecule has 0 spiro atoms. The number of hydrogen-bond acceptors (Lipinski definition) is 7. The van der Waals surface area contributed by atoms with Crippen LogP contribution in [-0.2, 0) is 0 Å². The summed E-state index contributed by atoms with van der Waals surface area (Å²) in [5.41, 5.74) is 2.91. The number of hydrogen-bond donors (Lipinski definition) is 2. The van der Waals surface area contributed by atoms with Gasteiger partial charge in [-0.3, -0.25) is 14.9 Å². The highest BCUT2D eigenvalue weighted by Gasteiger charge is 2.23. The van der Waals surface area contributed by atoms with Crippen LogP contribution >= 0.6 is 0 Å². The van der Waals surface area contributed by atoms with Gasteiger partial charge < -0.3 is 9.73 Å². The largest absolute Gasteiger partial charge is 0.443 e. The van der Waals surface area contributed by atoms with Crippen LogP contribution in [0.3, 0.4) is 0 Å². The van der Waals surface area contributed by atoms with Crippen molar-refractivity contribution in [3.63, 3.8) is 0 Å². The third-order valence-corrected chi connectivity index (χ3v) is 5.08. The third kappa shape index (κ3) is 4.69. The highest BCUT2D eigenvalue weighted by Crippen LogP contribution is 2.28.